The molecule has 1 aromatic rings. The molecule has 0 aliphatic carbocycles. The van der Waals surface area contributed by atoms with Gasteiger partial charge in [-0.1, -0.05) is 13.8 Å². The van der Waals surface area contributed by atoms with Gasteiger partial charge in [-0.15, -0.1) is 0 Å². The first-order valence-electron chi connectivity index (χ1n) is 7.06. The molecule has 0 radical (unpaired) electrons. The number of carbonyl (C=O) groups is 2. The summed E-state index contributed by atoms with van der Waals surface area (Å²) in [5.41, 5.74) is 1.09. The van der Waals surface area contributed by atoms with E-state index < -0.39 is 6.04 Å². The molecule has 1 aliphatic rings. The maximum atomic E-state index is 12.7. The van der Waals surface area contributed by atoms with Gasteiger partial charge >= 0.3 is 0 Å². The van der Waals surface area contributed by atoms with Gasteiger partial charge in [0.15, 0.2) is 0 Å². The van der Waals surface area contributed by atoms with Gasteiger partial charge in [0.2, 0.25) is 11.8 Å². The van der Waals surface area contributed by atoms with Crippen LogP contribution in [0, 0.1) is 5.92 Å². The van der Waals surface area contributed by atoms with E-state index >= 15 is 0 Å². The normalized spacial score (nSPS) is 24.9. The zero-order chi connectivity index (χ0) is 14.9. The van der Waals surface area contributed by atoms with E-state index in [-0.39, 0.29) is 23.9 Å². The highest BCUT2D eigenvalue weighted by atomic mass is 32.1. The van der Waals surface area contributed by atoms with E-state index in [9.17, 15) is 9.59 Å². The van der Waals surface area contributed by atoms with Crippen molar-refractivity contribution in [3.8, 4) is 0 Å². The van der Waals surface area contributed by atoms with E-state index in [1.54, 1.807) is 23.2 Å². The lowest BCUT2D eigenvalue weighted by Crippen LogP contribution is -2.62. The summed E-state index contributed by atoms with van der Waals surface area (Å²) in [6.45, 7) is 7.90. The number of nitrogens with one attached hydrogen (secondary N) is 1. The third kappa shape index (κ3) is 2.87. The lowest BCUT2D eigenvalue weighted by Gasteiger charge is -2.41. The van der Waals surface area contributed by atoms with E-state index in [4.69, 9.17) is 0 Å². The van der Waals surface area contributed by atoms with Crippen molar-refractivity contribution in [2.45, 2.75) is 52.2 Å². The summed E-state index contributed by atoms with van der Waals surface area (Å²) < 4.78 is 0. The van der Waals surface area contributed by atoms with Crippen molar-refractivity contribution in [1.29, 1.82) is 0 Å². The van der Waals surface area contributed by atoms with Gasteiger partial charge in [0.1, 0.15) is 12.1 Å². The first-order chi connectivity index (χ1) is 9.41. The first kappa shape index (κ1) is 15.0. The molecular formula is C15H22N2O2S. The highest BCUT2D eigenvalue weighted by Crippen LogP contribution is 2.28. The second-order valence-electron chi connectivity index (χ2n) is 5.84. The smallest absolute Gasteiger partial charge is 0.246 e. The molecule has 5 heteroatoms. The Balaban J connectivity index is 2.24. The van der Waals surface area contributed by atoms with Crippen molar-refractivity contribution in [2.75, 3.05) is 0 Å². The molecule has 3 unspecified atom stereocenters. The second kappa shape index (κ2) is 5.95. The van der Waals surface area contributed by atoms with Crippen LogP contribution in [0.1, 0.15) is 45.7 Å². The van der Waals surface area contributed by atoms with Crippen LogP contribution in [0.2, 0.25) is 0 Å². The van der Waals surface area contributed by atoms with E-state index in [0.29, 0.717) is 12.3 Å². The van der Waals surface area contributed by atoms with Crippen LogP contribution >= 0.6 is 11.3 Å². The maximum absolute atomic E-state index is 12.7. The Morgan fingerprint density at radius 3 is 2.60 bits per heavy atom. The van der Waals surface area contributed by atoms with Crippen LogP contribution in [0.15, 0.2) is 16.8 Å². The standard InChI is InChI=1S/C15H22N2O2S/c1-9(2)7-13-15(19)17(11(4)14(18)16-13)10(3)12-5-6-20-8-12/h5-6,8-11,13H,7H2,1-4H3,(H,16,18). The van der Waals surface area contributed by atoms with E-state index in [1.165, 1.54) is 0 Å². The van der Waals surface area contributed by atoms with Crippen molar-refractivity contribution in [1.82, 2.24) is 10.2 Å². The summed E-state index contributed by atoms with van der Waals surface area (Å²) in [6.07, 6.45) is 0.685. The molecule has 1 fully saturated rings. The number of piperazine rings is 1. The molecule has 2 amide bonds. The molecule has 2 rings (SSSR count). The minimum atomic E-state index is -0.416. The van der Waals surface area contributed by atoms with Gasteiger partial charge in [-0.05, 0) is 48.6 Å². The molecule has 0 bridgehead atoms. The average Bonchev–Trinajstić information content (AvgIpc) is 2.89. The molecule has 110 valence electrons. The molecule has 4 nitrogen and oxygen atoms in total. The number of thiophene rings is 1. The van der Waals surface area contributed by atoms with Crippen LogP contribution in [0.25, 0.3) is 0 Å². The van der Waals surface area contributed by atoms with Crippen molar-refractivity contribution in [3.05, 3.63) is 22.4 Å². The molecule has 1 aliphatic heterocycles. The van der Waals surface area contributed by atoms with Crippen molar-refractivity contribution in [2.24, 2.45) is 5.92 Å². The van der Waals surface area contributed by atoms with Crippen LogP contribution in [0.5, 0.6) is 0 Å². The van der Waals surface area contributed by atoms with Crippen molar-refractivity contribution < 1.29 is 9.59 Å². The van der Waals surface area contributed by atoms with E-state index in [1.807, 2.05) is 23.8 Å². The molecular weight excluding hydrogens is 272 g/mol. The van der Waals surface area contributed by atoms with Gasteiger partial charge in [0, 0.05) is 0 Å². The zero-order valence-electron chi connectivity index (χ0n) is 12.4. The lowest BCUT2D eigenvalue weighted by molar-refractivity contribution is -0.151. The molecule has 1 saturated heterocycles. The number of hydrogen-bond acceptors (Lipinski definition) is 3. The Morgan fingerprint density at radius 2 is 2.05 bits per heavy atom. The Hall–Kier alpha value is -1.36. The van der Waals surface area contributed by atoms with Crippen LogP contribution in [0.3, 0.4) is 0 Å². The topological polar surface area (TPSA) is 49.4 Å². The molecule has 0 spiro atoms. The Kier molecular flexibility index (Phi) is 4.48. The minimum Gasteiger partial charge on any atom is -0.343 e. The highest BCUT2D eigenvalue weighted by Gasteiger charge is 2.40. The van der Waals surface area contributed by atoms with Gasteiger partial charge in [0.25, 0.3) is 0 Å². The largest absolute Gasteiger partial charge is 0.343 e. The van der Waals surface area contributed by atoms with Gasteiger partial charge in [-0.25, -0.2) is 0 Å². The molecule has 0 aromatic carbocycles. The predicted molar refractivity (Wildman–Crippen MR) is 80.4 cm³/mol. The minimum absolute atomic E-state index is 0.0319. The van der Waals surface area contributed by atoms with Gasteiger partial charge < -0.3 is 10.2 Å². The molecule has 0 saturated carbocycles. The van der Waals surface area contributed by atoms with E-state index in [0.717, 1.165) is 5.56 Å². The Morgan fingerprint density at radius 1 is 1.35 bits per heavy atom. The maximum Gasteiger partial charge on any atom is 0.246 e. The Bertz CT molecular complexity index is 484. The first-order valence-corrected chi connectivity index (χ1v) is 8.00. The summed E-state index contributed by atoms with van der Waals surface area (Å²) in [6, 6.07) is 1.14. The highest BCUT2D eigenvalue weighted by molar-refractivity contribution is 7.07. The Labute approximate surface area is 124 Å². The summed E-state index contributed by atoms with van der Waals surface area (Å²) in [7, 11) is 0. The number of nitrogens with zero attached hydrogens (tertiary/aromatic N) is 1. The fourth-order valence-corrected chi connectivity index (χ4v) is 3.43. The van der Waals surface area contributed by atoms with Crippen molar-refractivity contribution >= 4 is 23.2 Å². The van der Waals surface area contributed by atoms with Crippen LogP contribution < -0.4 is 5.32 Å². The fraction of sp³-hybridized carbons (Fsp3) is 0.600. The predicted octanol–water partition coefficient (Wildman–Crippen LogP) is 2.57. The van der Waals surface area contributed by atoms with Crippen molar-refractivity contribution in [3.63, 3.8) is 0 Å². The number of carbonyl (C=O) groups excluding carboxylic acids is 2. The summed E-state index contributed by atoms with van der Waals surface area (Å²) in [4.78, 5) is 26.5. The number of amides is 2. The molecule has 1 aromatic heterocycles. The molecule has 1 N–H and O–H groups in total. The third-order valence-electron chi connectivity index (χ3n) is 3.82. The van der Waals surface area contributed by atoms with Crippen LogP contribution in [0.4, 0.5) is 0 Å². The number of rotatable bonds is 4. The third-order valence-corrected chi connectivity index (χ3v) is 4.52. The summed E-state index contributed by atoms with van der Waals surface area (Å²) in [5, 5.41) is 6.88. The van der Waals surface area contributed by atoms with Crippen LogP contribution in [-0.4, -0.2) is 28.8 Å². The average molecular weight is 294 g/mol. The second-order valence-corrected chi connectivity index (χ2v) is 6.62. The summed E-state index contributed by atoms with van der Waals surface area (Å²) >= 11 is 1.61. The quantitative estimate of drug-likeness (QED) is 0.928. The number of hydrogen-bond donors (Lipinski definition) is 1. The summed E-state index contributed by atoms with van der Waals surface area (Å²) in [5.74, 6) is 0.345. The SMILES string of the molecule is CC(C)CC1NC(=O)C(C)N(C(C)c2ccsc2)C1=O. The van der Waals surface area contributed by atoms with E-state index in [2.05, 4.69) is 19.2 Å². The monoisotopic (exact) mass is 294 g/mol. The molecule has 2 heterocycles. The molecule has 20 heavy (non-hydrogen) atoms. The van der Waals surface area contributed by atoms with Gasteiger partial charge in [0.05, 0.1) is 6.04 Å². The fourth-order valence-electron chi connectivity index (χ4n) is 2.68. The zero-order valence-corrected chi connectivity index (χ0v) is 13.2. The van der Waals surface area contributed by atoms with Gasteiger partial charge in [-0.3, -0.25) is 9.59 Å². The molecule has 3 atom stereocenters. The lowest BCUT2D eigenvalue weighted by atomic mass is 9.96. The van der Waals surface area contributed by atoms with Crippen LogP contribution in [-0.2, 0) is 9.59 Å². The van der Waals surface area contributed by atoms with Gasteiger partial charge in [-0.2, -0.15) is 11.3 Å².